The number of hydrogen-bond donors (Lipinski definition) is 3. The minimum atomic E-state index is -0.359. The van der Waals surface area contributed by atoms with Gasteiger partial charge >= 0.3 is 0 Å². The molecule has 8 nitrogen and oxygen atoms in total. The molecule has 0 unspecified atom stereocenters. The first-order valence-electron chi connectivity index (χ1n) is 10.7. The summed E-state index contributed by atoms with van der Waals surface area (Å²) in [5.74, 6) is 0.624. The molecule has 4 rings (SSSR count). The molecule has 2 fully saturated rings. The Morgan fingerprint density at radius 2 is 2.00 bits per heavy atom. The zero-order chi connectivity index (χ0) is 22.0. The van der Waals surface area contributed by atoms with Crippen LogP contribution in [0.4, 0.5) is 0 Å². The Morgan fingerprint density at radius 1 is 1.26 bits per heavy atom. The van der Waals surface area contributed by atoms with Crippen molar-refractivity contribution in [3.05, 3.63) is 46.3 Å². The molecule has 9 heteroatoms. The molecular weight excluding hydrogens is 420 g/mol. The van der Waals surface area contributed by atoms with Gasteiger partial charge in [-0.15, -0.1) is 0 Å². The van der Waals surface area contributed by atoms with Crippen molar-refractivity contribution in [2.24, 2.45) is 11.7 Å². The lowest BCUT2D eigenvalue weighted by atomic mass is 9.96. The Bertz CT molecular complexity index is 951. The van der Waals surface area contributed by atoms with Gasteiger partial charge in [0, 0.05) is 37.7 Å². The predicted octanol–water partition coefficient (Wildman–Crippen LogP) is 2.45. The van der Waals surface area contributed by atoms with E-state index in [0.29, 0.717) is 44.0 Å². The number of benzene rings is 1. The van der Waals surface area contributed by atoms with Gasteiger partial charge < -0.3 is 25.6 Å². The van der Waals surface area contributed by atoms with Gasteiger partial charge in [0.15, 0.2) is 5.69 Å². The summed E-state index contributed by atoms with van der Waals surface area (Å²) in [6.07, 6.45) is 3.99. The summed E-state index contributed by atoms with van der Waals surface area (Å²) in [4.78, 5) is 27.2. The number of nitrogens with two attached hydrogens (primary N) is 1. The molecule has 2 heterocycles. The fourth-order valence-corrected chi connectivity index (χ4v) is 4.15. The molecule has 0 spiro atoms. The molecule has 0 bridgehead atoms. The van der Waals surface area contributed by atoms with E-state index < -0.39 is 0 Å². The van der Waals surface area contributed by atoms with Crippen LogP contribution in [0, 0.1) is 5.92 Å². The fourth-order valence-electron chi connectivity index (χ4n) is 3.95. The summed E-state index contributed by atoms with van der Waals surface area (Å²) < 4.78 is 5.25. The minimum absolute atomic E-state index is 0.00190. The fraction of sp³-hybridized carbons (Fsp3) is 0.500. The number of likely N-dealkylation sites (tertiary alicyclic amines) is 1. The van der Waals surface area contributed by atoms with Gasteiger partial charge in [-0.1, -0.05) is 22.8 Å². The summed E-state index contributed by atoms with van der Waals surface area (Å²) in [7, 11) is 0. The van der Waals surface area contributed by atoms with Crippen molar-refractivity contribution in [2.75, 3.05) is 19.6 Å². The standard InChI is InChI=1S/C22H27ClN4O4/c23-17-10-13(1-4-19(17)28)9-15(12-24)22(30)27-7-5-16(6-8-27)25-21(29)18-11-20(31-26-18)14-2-3-14/h1,4,10-11,14-16,28H,2-3,5-9,12,24H2,(H,25,29)/t15-/m0/s1. The van der Waals surface area contributed by atoms with Crippen molar-refractivity contribution < 1.29 is 19.2 Å². The minimum Gasteiger partial charge on any atom is -0.506 e. The Labute approximate surface area is 185 Å². The SMILES string of the molecule is NC[C@H](Cc1ccc(O)c(Cl)c1)C(=O)N1CCC(NC(=O)c2cc(C3CC3)on2)CC1. The highest BCUT2D eigenvalue weighted by atomic mass is 35.5. The van der Waals surface area contributed by atoms with Gasteiger partial charge in [-0.25, -0.2) is 0 Å². The molecule has 0 radical (unpaired) electrons. The van der Waals surface area contributed by atoms with Crippen molar-refractivity contribution in [2.45, 2.75) is 44.1 Å². The van der Waals surface area contributed by atoms with Gasteiger partial charge in [0.2, 0.25) is 5.91 Å². The van der Waals surface area contributed by atoms with E-state index in [9.17, 15) is 14.7 Å². The van der Waals surface area contributed by atoms with Gasteiger partial charge in [-0.2, -0.15) is 0 Å². The Hall–Kier alpha value is -2.58. The first kappa shape index (κ1) is 21.6. The van der Waals surface area contributed by atoms with E-state index in [0.717, 1.165) is 24.2 Å². The van der Waals surface area contributed by atoms with Crippen LogP contribution in [0.3, 0.4) is 0 Å². The van der Waals surface area contributed by atoms with Crippen molar-refractivity contribution >= 4 is 23.4 Å². The lowest BCUT2D eigenvalue weighted by molar-refractivity contribution is -0.136. The van der Waals surface area contributed by atoms with Crippen LogP contribution in [0.5, 0.6) is 5.75 Å². The van der Waals surface area contributed by atoms with Gasteiger partial charge in [-0.05, 0) is 49.8 Å². The predicted molar refractivity (Wildman–Crippen MR) is 115 cm³/mol. The number of carbonyl (C=O) groups is 2. The van der Waals surface area contributed by atoms with Crippen molar-refractivity contribution in [3.63, 3.8) is 0 Å². The van der Waals surface area contributed by atoms with Crippen LogP contribution in [0.25, 0.3) is 0 Å². The van der Waals surface area contributed by atoms with Crippen LogP contribution in [0.15, 0.2) is 28.8 Å². The molecular formula is C22H27ClN4O4. The highest BCUT2D eigenvalue weighted by Crippen LogP contribution is 2.40. The summed E-state index contributed by atoms with van der Waals surface area (Å²) in [5.41, 5.74) is 7.05. The monoisotopic (exact) mass is 446 g/mol. The van der Waals surface area contributed by atoms with E-state index in [2.05, 4.69) is 10.5 Å². The lowest BCUT2D eigenvalue weighted by Gasteiger charge is -2.34. The number of halogens is 1. The summed E-state index contributed by atoms with van der Waals surface area (Å²) >= 11 is 5.97. The second kappa shape index (κ2) is 9.28. The van der Waals surface area contributed by atoms with Crippen LogP contribution >= 0.6 is 11.6 Å². The number of rotatable bonds is 7. The van der Waals surface area contributed by atoms with Gasteiger partial charge in [0.1, 0.15) is 11.5 Å². The average molecular weight is 447 g/mol. The summed E-state index contributed by atoms with van der Waals surface area (Å²) in [6, 6.07) is 6.65. The topological polar surface area (TPSA) is 122 Å². The normalized spacial score (nSPS) is 18.1. The quantitative estimate of drug-likeness (QED) is 0.600. The van der Waals surface area contributed by atoms with Crippen LogP contribution in [0.1, 0.15) is 53.4 Å². The van der Waals surface area contributed by atoms with Gasteiger partial charge in [0.05, 0.1) is 10.9 Å². The molecule has 4 N–H and O–H groups in total. The number of phenolic OH excluding ortho intramolecular Hbond substituents is 1. The first-order chi connectivity index (χ1) is 14.9. The summed E-state index contributed by atoms with van der Waals surface area (Å²) in [5, 5.41) is 16.7. The maximum atomic E-state index is 13.0. The third-order valence-corrected chi connectivity index (χ3v) is 6.31. The molecule has 1 aromatic carbocycles. The van der Waals surface area contributed by atoms with Crippen LogP contribution < -0.4 is 11.1 Å². The van der Waals surface area contributed by atoms with Crippen LogP contribution in [-0.4, -0.2) is 52.7 Å². The number of piperidine rings is 1. The number of amides is 2. The van der Waals surface area contributed by atoms with E-state index in [-0.39, 0.29) is 41.1 Å². The molecule has 1 aliphatic heterocycles. The molecule has 2 aliphatic rings. The smallest absolute Gasteiger partial charge is 0.273 e. The molecule has 2 aromatic rings. The maximum Gasteiger partial charge on any atom is 0.273 e. The van der Waals surface area contributed by atoms with Crippen LogP contribution in [-0.2, 0) is 11.2 Å². The van der Waals surface area contributed by atoms with E-state index in [4.69, 9.17) is 21.9 Å². The highest BCUT2D eigenvalue weighted by Gasteiger charge is 2.31. The third-order valence-electron chi connectivity index (χ3n) is 6.01. The average Bonchev–Trinajstić information content (AvgIpc) is 3.50. The number of aromatic hydroxyl groups is 1. The number of aromatic nitrogens is 1. The number of carbonyl (C=O) groups excluding carboxylic acids is 2. The number of nitrogens with one attached hydrogen (secondary N) is 1. The number of phenols is 1. The second-order valence-electron chi connectivity index (χ2n) is 8.38. The van der Waals surface area contributed by atoms with E-state index in [1.54, 1.807) is 18.2 Å². The lowest BCUT2D eigenvalue weighted by Crippen LogP contribution is -2.49. The van der Waals surface area contributed by atoms with Gasteiger partial charge in [0.25, 0.3) is 5.91 Å². The zero-order valence-corrected chi connectivity index (χ0v) is 18.0. The molecule has 1 saturated heterocycles. The molecule has 1 atom stereocenters. The molecule has 166 valence electrons. The van der Waals surface area contributed by atoms with Crippen molar-refractivity contribution in [3.8, 4) is 5.75 Å². The Kier molecular flexibility index (Phi) is 6.48. The van der Waals surface area contributed by atoms with E-state index in [1.165, 1.54) is 6.07 Å². The van der Waals surface area contributed by atoms with E-state index in [1.807, 2.05) is 4.90 Å². The molecule has 2 amide bonds. The number of nitrogens with zero attached hydrogens (tertiary/aromatic N) is 2. The summed E-state index contributed by atoms with van der Waals surface area (Å²) in [6.45, 7) is 1.34. The number of hydrogen-bond acceptors (Lipinski definition) is 6. The first-order valence-corrected chi connectivity index (χ1v) is 11.1. The van der Waals surface area contributed by atoms with Crippen molar-refractivity contribution in [1.82, 2.24) is 15.4 Å². The van der Waals surface area contributed by atoms with Gasteiger partial charge in [-0.3, -0.25) is 9.59 Å². The largest absolute Gasteiger partial charge is 0.506 e. The van der Waals surface area contributed by atoms with Crippen LogP contribution in [0.2, 0.25) is 5.02 Å². The zero-order valence-electron chi connectivity index (χ0n) is 17.2. The molecule has 1 aliphatic carbocycles. The molecule has 1 saturated carbocycles. The highest BCUT2D eigenvalue weighted by molar-refractivity contribution is 6.32. The molecule has 1 aromatic heterocycles. The van der Waals surface area contributed by atoms with Crippen molar-refractivity contribution in [1.29, 1.82) is 0 Å². The Balaban J connectivity index is 1.27. The van der Waals surface area contributed by atoms with E-state index >= 15 is 0 Å². The third kappa shape index (κ3) is 5.19. The molecule has 31 heavy (non-hydrogen) atoms. The Morgan fingerprint density at radius 3 is 2.65 bits per heavy atom. The second-order valence-corrected chi connectivity index (χ2v) is 8.79. The maximum absolute atomic E-state index is 13.0.